The Kier molecular flexibility index (Phi) is 6.35. The van der Waals surface area contributed by atoms with Gasteiger partial charge in [-0.1, -0.05) is 28.1 Å². The molecular weight excluding hydrogens is 438 g/mol. The molecule has 1 N–H and O–H groups in total. The summed E-state index contributed by atoms with van der Waals surface area (Å²) >= 11 is 3.33. The second-order valence-electron chi connectivity index (χ2n) is 5.77. The summed E-state index contributed by atoms with van der Waals surface area (Å²) in [6, 6.07) is 11.6. The van der Waals surface area contributed by atoms with Gasteiger partial charge in [0, 0.05) is 17.0 Å². The van der Waals surface area contributed by atoms with Crippen LogP contribution in [-0.2, 0) is 26.2 Å². The predicted octanol–water partition coefficient (Wildman–Crippen LogP) is 2.63. The van der Waals surface area contributed by atoms with E-state index in [0.717, 1.165) is 16.5 Å². The summed E-state index contributed by atoms with van der Waals surface area (Å²) < 4.78 is 44.0. The van der Waals surface area contributed by atoms with Crippen molar-refractivity contribution >= 4 is 31.9 Å². The third-order valence-corrected chi connectivity index (χ3v) is 5.62. The summed E-state index contributed by atoms with van der Waals surface area (Å²) in [4.78, 5) is 11.8. The van der Waals surface area contributed by atoms with Gasteiger partial charge in [-0.25, -0.2) is 8.42 Å². The van der Waals surface area contributed by atoms with Gasteiger partial charge in [0.2, 0.25) is 10.0 Å². The van der Waals surface area contributed by atoms with Gasteiger partial charge in [0.1, 0.15) is 13.2 Å². The van der Waals surface area contributed by atoms with Gasteiger partial charge in [-0.05, 0) is 29.8 Å². The number of benzene rings is 2. The molecule has 2 aromatic rings. The van der Waals surface area contributed by atoms with E-state index in [9.17, 15) is 13.2 Å². The van der Waals surface area contributed by atoms with Gasteiger partial charge in [-0.3, -0.25) is 4.79 Å². The molecule has 0 saturated heterocycles. The quantitative estimate of drug-likeness (QED) is 0.673. The minimum Gasteiger partial charge on any atom is -0.490 e. The Bertz CT molecular complexity index is 931. The molecule has 1 aliphatic rings. The number of carbonyl (C=O) groups excluding carboxylic acids is 1. The fourth-order valence-corrected chi connectivity index (χ4v) is 3.82. The Hall–Kier alpha value is -2.10. The van der Waals surface area contributed by atoms with Crippen molar-refractivity contribution in [2.24, 2.45) is 0 Å². The molecule has 1 heterocycles. The number of hydrogen-bond donors (Lipinski definition) is 1. The maximum atomic E-state index is 12.4. The number of carbonyl (C=O) groups is 1. The number of esters is 1. The molecule has 0 saturated carbocycles. The molecule has 0 amide bonds. The molecule has 0 aliphatic carbocycles. The minimum atomic E-state index is -3.88. The fraction of sp³-hybridized carbons (Fsp3) is 0.278. The number of rotatable bonds is 6. The Labute approximate surface area is 165 Å². The van der Waals surface area contributed by atoms with Crippen LogP contribution in [0.2, 0.25) is 0 Å². The summed E-state index contributed by atoms with van der Waals surface area (Å²) in [5, 5.41) is 0. The highest BCUT2D eigenvalue weighted by molar-refractivity contribution is 9.10. The highest BCUT2D eigenvalue weighted by atomic mass is 79.9. The van der Waals surface area contributed by atoms with Crippen molar-refractivity contribution in [1.29, 1.82) is 0 Å². The van der Waals surface area contributed by atoms with E-state index < -0.39 is 22.5 Å². The van der Waals surface area contributed by atoms with Gasteiger partial charge in [-0.15, -0.1) is 0 Å². The zero-order valence-corrected chi connectivity index (χ0v) is 16.7. The van der Waals surface area contributed by atoms with E-state index >= 15 is 0 Å². The van der Waals surface area contributed by atoms with E-state index in [1.165, 1.54) is 12.1 Å². The largest absolute Gasteiger partial charge is 0.490 e. The molecule has 0 radical (unpaired) electrons. The number of sulfonamides is 1. The van der Waals surface area contributed by atoms with E-state index in [1.54, 1.807) is 12.1 Å². The molecule has 7 nitrogen and oxygen atoms in total. The van der Waals surface area contributed by atoms with Gasteiger partial charge >= 0.3 is 5.97 Å². The van der Waals surface area contributed by atoms with Crippen LogP contribution >= 0.6 is 15.9 Å². The van der Waals surface area contributed by atoms with Crippen LogP contribution in [0.15, 0.2) is 51.8 Å². The lowest BCUT2D eigenvalue weighted by atomic mass is 10.2. The molecule has 0 spiro atoms. The molecule has 0 bridgehead atoms. The molecule has 0 aromatic heterocycles. The predicted molar refractivity (Wildman–Crippen MR) is 101 cm³/mol. The maximum Gasteiger partial charge on any atom is 0.321 e. The van der Waals surface area contributed by atoms with Crippen LogP contribution in [0, 0.1) is 0 Å². The monoisotopic (exact) mass is 455 g/mol. The number of ether oxygens (including phenoxy) is 3. The maximum absolute atomic E-state index is 12.4. The molecule has 27 heavy (non-hydrogen) atoms. The van der Waals surface area contributed by atoms with Gasteiger partial charge in [0.25, 0.3) is 0 Å². The van der Waals surface area contributed by atoms with Crippen LogP contribution in [0.5, 0.6) is 11.5 Å². The van der Waals surface area contributed by atoms with E-state index in [4.69, 9.17) is 14.2 Å². The minimum absolute atomic E-state index is 0.00783. The first-order valence-corrected chi connectivity index (χ1v) is 10.5. The Balaban J connectivity index is 1.58. The lowest BCUT2D eigenvalue weighted by Gasteiger charge is -2.11. The van der Waals surface area contributed by atoms with E-state index in [2.05, 4.69) is 20.7 Å². The molecule has 0 unspecified atom stereocenters. The average Bonchev–Trinajstić information content (AvgIpc) is 2.89. The van der Waals surface area contributed by atoms with Crippen LogP contribution in [-0.4, -0.2) is 34.1 Å². The van der Waals surface area contributed by atoms with Crippen molar-refractivity contribution in [2.45, 2.75) is 17.9 Å². The molecule has 2 aromatic carbocycles. The third-order valence-electron chi connectivity index (χ3n) is 3.72. The Morgan fingerprint density at radius 3 is 2.67 bits per heavy atom. The SMILES string of the molecule is O=C(CNS(=O)(=O)c1ccc2c(c1)OCCCO2)OCc1cccc(Br)c1. The van der Waals surface area contributed by atoms with Gasteiger partial charge in [-0.2, -0.15) is 4.72 Å². The molecule has 1 aliphatic heterocycles. The van der Waals surface area contributed by atoms with Crippen molar-refractivity contribution in [3.63, 3.8) is 0 Å². The molecule has 9 heteroatoms. The molecule has 3 rings (SSSR count). The second-order valence-corrected chi connectivity index (χ2v) is 8.46. The Morgan fingerprint density at radius 2 is 1.89 bits per heavy atom. The summed E-state index contributed by atoms with van der Waals surface area (Å²) in [5.74, 6) is 0.195. The van der Waals surface area contributed by atoms with Crippen molar-refractivity contribution in [3.8, 4) is 11.5 Å². The summed E-state index contributed by atoms with van der Waals surface area (Å²) in [7, 11) is -3.88. The van der Waals surface area contributed by atoms with Gasteiger partial charge < -0.3 is 14.2 Å². The number of nitrogens with one attached hydrogen (secondary N) is 1. The number of halogens is 1. The van der Waals surface area contributed by atoms with Crippen LogP contribution < -0.4 is 14.2 Å². The summed E-state index contributed by atoms with van der Waals surface area (Å²) in [6.45, 7) is 0.557. The summed E-state index contributed by atoms with van der Waals surface area (Å²) in [6.07, 6.45) is 0.721. The third kappa shape index (κ3) is 5.44. The highest BCUT2D eigenvalue weighted by Crippen LogP contribution is 2.31. The summed E-state index contributed by atoms with van der Waals surface area (Å²) in [5.41, 5.74) is 0.795. The smallest absolute Gasteiger partial charge is 0.321 e. The molecule has 0 atom stereocenters. The van der Waals surface area contributed by atoms with Crippen LogP contribution in [0.25, 0.3) is 0 Å². The lowest BCUT2D eigenvalue weighted by molar-refractivity contribution is -0.143. The first-order chi connectivity index (χ1) is 12.9. The first kappa shape index (κ1) is 19.7. The first-order valence-electron chi connectivity index (χ1n) is 8.23. The van der Waals surface area contributed by atoms with Crippen LogP contribution in [0.3, 0.4) is 0 Å². The van der Waals surface area contributed by atoms with Crippen molar-refractivity contribution in [3.05, 3.63) is 52.5 Å². The zero-order valence-electron chi connectivity index (χ0n) is 14.3. The molecule has 144 valence electrons. The second kappa shape index (κ2) is 8.73. The van der Waals surface area contributed by atoms with Gasteiger partial charge in [0.05, 0.1) is 18.1 Å². The Morgan fingerprint density at radius 1 is 1.11 bits per heavy atom. The standard InChI is InChI=1S/C18H18BrNO6S/c19-14-4-1-3-13(9-14)12-26-18(21)11-20-27(22,23)15-5-6-16-17(10-15)25-8-2-7-24-16/h1,3-6,9-10,20H,2,7-8,11-12H2. The zero-order chi connectivity index (χ0) is 19.3. The van der Waals surface area contributed by atoms with E-state index in [-0.39, 0.29) is 11.5 Å². The number of hydrogen-bond acceptors (Lipinski definition) is 6. The van der Waals surface area contributed by atoms with Crippen molar-refractivity contribution < 1.29 is 27.4 Å². The number of fused-ring (bicyclic) bond motifs is 1. The van der Waals surface area contributed by atoms with E-state index in [0.29, 0.717) is 24.7 Å². The highest BCUT2D eigenvalue weighted by Gasteiger charge is 2.20. The average molecular weight is 456 g/mol. The van der Waals surface area contributed by atoms with Crippen molar-refractivity contribution in [2.75, 3.05) is 19.8 Å². The van der Waals surface area contributed by atoms with Crippen molar-refractivity contribution in [1.82, 2.24) is 4.72 Å². The molecular formula is C18H18BrNO6S. The molecule has 0 fully saturated rings. The van der Waals surface area contributed by atoms with E-state index in [1.807, 2.05) is 18.2 Å². The topological polar surface area (TPSA) is 90.9 Å². The lowest BCUT2D eigenvalue weighted by Crippen LogP contribution is -2.30. The van der Waals surface area contributed by atoms with Crippen LogP contribution in [0.4, 0.5) is 0 Å². The fourth-order valence-electron chi connectivity index (χ4n) is 2.39. The van der Waals surface area contributed by atoms with Gasteiger partial charge in [0.15, 0.2) is 11.5 Å². The van der Waals surface area contributed by atoms with Crippen LogP contribution in [0.1, 0.15) is 12.0 Å². The normalized spacial score (nSPS) is 13.7.